The molecule has 2 rings (SSSR count). The van der Waals surface area contributed by atoms with Crippen molar-refractivity contribution >= 4 is 5.91 Å². The third-order valence-electron chi connectivity index (χ3n) is 3.24. The zero-order valence-electron chi connectivity index (χ0n) is 11.4. The lowest BCUT2D eigenvalue weighted by molar-refractivity contribution is 0.0680. The number of methoxy groups -OCH3 is 1. The first-order chi connectivity index (χ1) is 9.10. The van der Waals surface area contributed by atoms with Gasteiger partial charge in [0.05, 0.1) is 6.61 Å². The van der Waals surface area contributed by atoms with Crippen LogP contribution in [0.1, 0.15) is 29.0 Å². The van der Waals surface area contributed by atoms with Crippen LogP contribution in [0.3, 0.4) is 0 Å². The van der Waals surface area contributed by atoms with Gasteiger partial charge in [-0.2, -0.15) is 0 Å². The number of rotatable bonds is 6. The molecule has 0 saturated heterocycles. The molecule has 104 valence electrons. The maximum absolute atomic E-state index is 12.4. The Balaban J connectivity index is 2.13. The number of ether oxygens (including phenoxy) is 1. The summed E-state index contributed by atoms with van der Waals surface area (Å²) in [5.41, 5.74) is 0.924. The number of hydrogen-bond acceptors (Lipinski definition) is 3. The number of nitrogens with zero attached hydrogens (tertiary/aromatic N) is 1. The Bertz CT molecular complexity index is 506. The van der Waals surface area contributed by atoms with Crippen LogP contribution in [-0.2, 0) is 4.74 Å². The van der Waals surface area contributed by atoms with Crippen molar-refractivity contribution in [3.05, 3.63) is 33.7 Å². The van der Waals surface area contributed by atoms with Crippen molar-refractivity contribution in [2.45, 2.75) is 19.8 Å². The third-order valence-corrected chi connectivity index (χ3v) is 3.24. The Hall–Kier alpha value is -1.62. The molecule has 0 bridgehead atoms. The number of aromatic nitrogens is 1. The van der Waals surface area contributed by atoms with Gasteiger partial charge in [-0.25, -0.2) is 0 Å². The maximum Gasteiger partial charge on any atom is 0.270 e. The molecule has 1 fully saturated rings. The van der Waals surface area contributed by atoms with E-state index in [0.29, 0.717) is 30.5 Å². The van der Waals surface area contributed by atoms with Gasteiger partial charge in [-0.05, 0) is 25.7 Å². The third kappa shape index (κ3) is 3.92. The molecule has 1 aromatic heterocycles. The summed E-state index contributed by atoms with van der Waals surface area (Å²) in [5, 5.41) is 0. The summed E-state index contributed by atoms with van der Waals surface area (Å²) in [5.74, 6) is 0.488. The van der Waals surface area contributed by atoms with Gasteiger partial charge in [0.1, 0.15) is 5.69 Å². The minimum atomic E-state index is -0.141. The van der Waals surface area contributed by atoms with Crippen molar-refractivity contribution in [1.29, 1.82) is 0 Å². The van der Waals surface area contributed by atoms with Gasteiger partial charge in [-0.3, -0.25) is 9.59 Å². The molecule has 1 saturated carbocycles. The van der Waals surface area contributed by atoms with Crippen molar-refractivity contribution < 1.29 is 9.53 Å². The molecule has 1 amide bonds. The Kier molecular flexibility index (Phi) is 4.37. The van der Waals surface area contributed by atoms with E-state index in [9.17, 15) is 9.59 Å². The largest absolute Gasteiger partial charge is 0.383 e. The maximum atomic E-state index is 12.4. The fraction of sp³-hybridized carbons (Fsp3) is 0.571. The Morgan fingerprint density at radius 1 is 1.47 bits per heavy atom. The first-order valence-corrected chi connectivity index (χ1v) is 6.59. The quantitative estimate of drug-likeness (QED) is 0.839. The average Bonchev–Trinajstić information content (AvgIpc) is 3.16. The number of carbonyl (C=O) groups excluding carboxylic acids is 1. The summed E-state index contributed by atoms with van der Waals surface area (Å²) in [6.45, 7) is 3.59. The van der Waals surface area contributed by atoms with Crippen LogP contribution in [0, 0.1) is 12.8 Å². The second kappa shape index (κ2) is 6.02. The Labute approximate surface area is 112 Å². The van der Waals surface area contributed by atoms with Gasteiger partial charge in [0.2, 0.25) is 0 Å². The zero-order valence-corrected chi connectivity index (χ0v) is 11.4. The van der Waals surface area contributed by atoms with Gasteiger partial charge in [0.15, 0.2) is 5.43 Å². The molecule has 0 unspecified atom stereocenters. The van der Waals surface area contributed by atoms with Crippen LogP contribution in [0.15, 0.2) is 16.9 Å². The topological polar surface area (TPSA) is 62.4 Å². The molecule has 19 heavy (non-hydrogen) atoms. The summed E-state index contributed by atoms with van der Waals surface area (Å²) in [6, 6.07) is 2.85. The fourth-order valence-electron chi connectivity index (χ4n) is 2.06. The van der Waals surface area contributed by atoms with E-state index in [1.807, 2.05) is 0 Å². The van der Waals surface area contributed by atoms with Crippen LogP contribution < -0.4 is 5.43 Å². The van der Waals surface area contributed by atoms with E-state index >= 15 is 0 Å². The minimum Gasteiger partial charge on any atom is -0.383 e. The Morgan fingerprint density at radius 2 is 2.21 bits per heavy atom. The molecule has 1 heterocycles. The number of pyridine rings is 1. The molecule has 0 aliphatic heterocycles. The Morgan fingerprint density at radius 3 is 2.79 bits per heavy atom. The van der Waals surface area contributed by atoms with Crippen LogP contribution in [-0.4, -0.2) is 42.6 Å². The van der Waals surface area contributed by atoms with E-state index in [1.54, 1.807) is 18.9 Å². The van der Waals surface area contributed by atoms with Gasteiger partial charge in [-0.1, -0.05) is 0 Å². The predicted octanol–water partition coefficient (Wildman–Crippen LogP) is 1.18. The highest BCUT2D eigenvalue weighted by Crippen LogP contribution is 2.29. The van der Waals surface area contributed by atoms with E-state index in [2.05, 4.69) is 4.98 Å². The lowest BCUT2D eigenvalue weighted by Gasteiger charge is -2.22. The fourth-order valence-corrected chi connectivity index (χ4v) is 2.06. The summed E-state index contributed by atoms with van der Waals surface area (Å²) < 4.78 is 5.04. The van der Waals surface area contributed by atoms with E-state index in [1.165, 1.54) is 25.0 Å². The van der Waals surface area contributed by atoms with Gasteiger partial charge < -0.3 is 14.6 Å². The van der Waals surface area contributed by atoms with E-state index < -0.39 is 0 Å². The molecule has 1 aliphatic carbocycles. The number of amides is 1. The first-order valence-electron chi connectivity index (χ1n) is 6.59. The van der Waals surface area contributed by atoms with E-state index in [4.69, 9.17) is 4.74 Å². The molecule has 1 aliphatic rings. The van der Waals surface area contributed by atoms with Crippen molar-refractivity contribution in [1.82, 2.24) is 9.88 Å². The minimum absolute atomic E-state index is 0.121. The molecule has 0 spiro atoms. The van der Waals surface area contributed by atoms with Crippen molar-refractivity contribution in [2.75, 3.05) is 26.8 Å². The van der Waals surface area contributed by atoms with Crippen molar-refractivity contribution in [2.24, 2.45) is 5.92 Å². The van der Waals surface area contributed by atoms with Crippen LogP contribution in [0.5, 0.6) is 0 Å². The summed E-state index contributed by atoms with van der Waals surface area (Å²) >= 11 is 0. The molecule has 0 aromatic carbocycles. The van der Waals surface area contributed by atoms with Crippen LogP contribution in [0.2, 0.25) is 0 Å². The van der Waals surface area contributed by atoms with Gasteiger partial charge in [-0.15, -0.1) is 0 Å². The van der Waals surface area contributed by atoms with E-state index in [0.717, 1.165) is 6.54 Å². The molecular formula is C14H20N2O3. The molecule has 1 N–H and O–H groups in total. The van der Waals surface area contributed by atoms with Gasteiger partial charge >= 0.3 is 0 Å². The lowest BCUT2D eigenvalue weighted by Crippen LogP contribution is -2.36. The second-order valence-electron chi connectivity index (χ2n) is 5.10. The molecule has 5 nitrogen and oxygen atoms in total. The monoisotopic (exact) mass is 264 g/mol. The zero-order chi connectivity index (χ0) is 13.8. The normalized spacial score (nSPS) is 14.4. The number of nitrogens with one attached hydrogen (secondary N) is 1. The number of carbonyl (C=O) groups is 1. The summed E-state index contributed by atoms with van der Waals surface area (Å²) in [6.07, 6.45) is 2.36. The van der Waals surface area contributed by atoms with Crippen molar-refractivity contribution in [3.63, 3.8) is 0 Å². The summed E-state index contributed by atoms with van der Waals surface area (Å²) in [4.78, 5) is 28.6. The SMILES string of the molecule is COCCN(CC1CC1)C(=O)c1cc(=O)cc(C)[nH]1. The van der Waals surface area contributed by atoms with Crippen molar-refractivity contribution in [3.8, 4) is 0 Å². The molecule has 5 heteroatoms. The molecule has 0 atom stereocenters. The highest BCUT2D eigenvalue weighted by Gasteiger charge is 2.27. The molecule has 1 aromatic rings. The van der Waals surface area contributed by atoms with E-state index in [-0.39, 0.29) is 11.3 Å². The lowest BCUT2D eigenvalue weighted by atomic mass is 10.2. The standard InChI is InChI=1S/C14H20N2O3/c1-10-7-12(17)8-13(15-10)14(18)16(5-6-19-2)9-11-3-4-11/h7-8,11H,3-6,9H2,1-2H3,(H,15,17). The van der Waals surface area contributed by atoms with Crippen LogP contribution in [0.4, 0.5) is 0 Å². The van der Waals surface area contributed by atoms with Gasteiger partial charge in [0, 0.05) is 38.0 Å². The molecular weight excluding hydrogens is 244 g/mol. The second-order valence-corrected chi connectivity index (χ2v) is 5.10. The molecule has 0 radical (unpaired) electrons. The number of hydrogen-bond donors (Lipinski definition) is 1. The van der Waals surface area contributed by atoms with Crippen LogP contribution in [0.25, 0.3) is 0 Å². The predicted molar refractivity (Wildman–Crippen MR) is 72.3 cm³/mol. The number of aromatic amines is 1. The summed E-state index contributed by atoms with van der Waals surface area (Å²) in [7, 11) is 1.62. The number of aryl methyl sites for hydroxylation is 1. The first kappa shape index (κ1) is 13.8. The highest BCUT2D eigenvalue weighted by atomic mass is 16.5. The smallest absolute Gasteiger partial charge is 0.270 e. The van der Waals surface area contributed by atoms with Crippen LogP contribution >= 0.6 is 0 Å². The van der Waals surface area contributed by atoms with Gasteiger partial charge in [0.25, 0.3) is 5.91 Å². The highest BCUT2D eigenvalue weighted by molar-refractivity contribution is 5.92. The average molecular weight is 264 g/mol. The number of H-pyrrole nitrogens is 1.